The molecule has 0 aliphatic carbocycles. The monoisotopic (exact) mass is 239 g/mol. The molecule has 1 aromatic rings. The Bertz CT molecular complexity index is 407. The van der Waals surface area contributed by atoms with Crippen molar-refractivity contribution in [1.29, 1.82) is 0 Å². The Hall–Kier alpha value is -2.11. The van der Waals surface area contributed by atoms with Crippen LogP contribution in [0.1, 0.15) is 6.92 Å². The Kier molecular flexibility index (Phi) is 4.45. The molecule has 0 bridgehead atoms. The van der Waals surface area contributed by atoms with Crippen LogP contribution in [0.2, 0.25) is 0 Å². The van der Waals surface area contributed by atoms with E-state index in [0.29, 0.717) is 17.2 Å². The lowest BCUT2D eigenvalue weighted by atomic mass is 10.2. The van der Waals surface area contributed by atoms with Crippen LogP contribution >= 0.6 is 0 Å². The molecule has 0 saturated heterocycles. The van der Waals surface area contributed by atoms with E-state index in [4.69, 9.17) is 20.4 Å². The highest BCUT2D eigenvalue weighted by Gasteiger charge is 2.11. The van der Waals surface area contributed by atoms with E-state index in [1.54, 1.807) is 39.3 Å². The van der Waals surface area contributed by atoms with E-state index in [-0.39, 0.29) is 11.9 Å². The molecule has 0 heterocycles. The first-order valence-corrected chi connectivity index (χ1v) is 5.08. The number of oxime groups is 1. The fourth-order valence-corrected chi connectivity index (χ4v) is 1.32. The van der Waals surface area contributed by atoms with Crippen molar-refractivity contribution in [1.82, 2.24) is 0 Å². The molecular formula is C11H17N3O3. The largest absolute Gasteiger partial charge is 0.497 e. The van der Waals surface area contributed by atoms with Crippen LogP contribution in [0.4, 0.5) is 5.69 Å². The minimum absolute atomic E-state index is 0.0925. The van der Waals surface area contributed by atoms with Crippen molar-refractivity contribution in [3.05, 3.63) is 18.2 Å². The van der Waals surface area contributed by atoms with Gasteiger partial charge in [0.25, 0.3) is 0 Å². The second-order valence-electron chi connectivity index (χ2n) is 3.46. The van der Waals surface area contributed by atoms with E-state index in [9.17, 15) is 0 Å². The van der Waals surface area contributed by atoms with Crippen molar-refractivity contribution in [2.24, 2.45) is 10.9 Å². The van der Waals surface area contributed by atoms with Gasteiger partial charge >= 0.3 is 0 Å². The SMILES string of the molecule is COc1ccc(OC)c(NC(C)C(N)=NO)c1. The van der Waals surface area contributed by atoms with Crippen molar-refractivity contribution in [3.63, 3.8) is 0 Å². The number of hydrogen-bond acceptors (Lipinski definition) is 5. The van der Waals surface area contributed by atoms with Crippen LogP contribution in [0, 0.1) is 0 Å². The number of rotatable bonds is 5. The summed E-state index contributed by atoms with van der Waals surface area (Å²) in [6.07, 6.45) is 0. The van der Waals surface area contributed by atoms with Gasteiger partial charge in [-0.25, -0.2) is 0 Å². The van der Waals surface area contributed by atoms with Crippen LogP contribution < -0.4 is 20.5 Å². The van der Waals surface area contributed by atoms with Crippen LogP contribution in [-0.2, 0) is 0 Å². The van der Waals surface area contributed by atoms with E-state index >= 15 is 0 Å². The van der Waals surface area contributed by atoms with Gasteiger partial charge in [0, 0.05) is 6.07 Å². The molecule has 0 fully saturated rings. The van der Waals surface area contributed by atoms with E-state index in [1.165, 1.54) is 0 Å². The van der Waals surface area contributed by atoms with Gasteiger partial charge in [-0.1, -0.05) is 5.16 Å². The summed E-state index contributed by atoms with van der Waals surface area (Å²) in [6, 6.07) is 5.03. The normalized spacial score (nSPS) is 13.0. The van der Waals surface area contributed by atoms with E-state index < -0.39 is 0 Å². The van der Waals surface area contributed by atoms with Gasteiger partial charge in [0.2, 0.25) is 0 Å². The molecule has 0 aliphatic rings. The average Bonchev–Trinajstić information content (AvgIpc) is 2.37. The van der Waals surface area contributed by atoms with Gasteiger partial charge in [0.1, 0.15) is 11.5 Å². The summed E-state index contributed by atoms with van der Waals surface area (Å²) in [7, 11) is 3.15. The molecule has 1 atom stereocenters. The van der Waals surface area contributed by atoms with Gasteiger partial charge in [-0.3, -0.25) is 0 Å². The van der Waals surface area contributed by atoms with Crippen LogP contribution in [-0.4, -0.2) is 31.3 Å². The maximum Gasteiger partial charge on any atom is 0.161 e. The van der Waals surface area contributed by atoms with Crippen LogP contribution in [0.25, 0.3) is 0 Å². The molecule has 1 aromatic carbocycles. The summed E-state index contributed by atoms with van der Waals surface area (Å²) in [5.41, 5.74) is 6.21. The molecule has 6 heteroatoms. The van der Waals surface area contributed by atoms with Crippen molar-refractivity contribution in [2.45, 2.75) is 13.0 Å². The molecule has 1 rings (SSSR count). The topological polar surface area (TPSA) is 89.1 Å². The fraction of sp³-hybridized carbons (Fsp3) is 0.364. The highest BCUT2D eigenvalue weighted by Crippen LogP contribution is 2.29. The van der Waals surface area contributed by atoms with E-state index in [2.05, 4.69) is 10.5 Å². The lowest BCUT2D eigenvalue weighted by molar-refractivity contribution is 0.316. The van der Waals surface area contributed by atoms with Crippen molar-refractivity contribution in [2.75, 3.05) is 19.5 Å². The second-order valence-corrected chi connectivity index (χ2v) is 3.46. The molecule has 1 unspecified atom stereocenters. The third-order valence-corrected chi connectivity index (χ3v) is 2.34. The number of methoxy groups -OCH3 is 2. The maximum atomic E-state index is 8.58. The van der Waals surface area contributed by atoms with Crippen molar-refractivity contribution >= 4 is 11.5 Å². The smallest absolute Gasteiger partial charge is 0.161 e. The Labute approximate surface area is 100 Å². The summed E-state index contributed by atoms with van der Waals surface area (Å²) in [5, 5.41) is 14.6. The van der Waals surface area contributed by atoms with Crippen LogP contribution in [0.3, 0.4) is 0 Å². The number of benzene rings is 1. The van der Waals surface area contributed by atoms with Gasteiger partial charge in [0.15, 0.2) is 5.84 Å². The molecule has 0 amide bonds. The van der Waals surface area contributed by atoms with Gasteiger partial charge < -0.3 is 25.7 Å². The lowest BCUT2D eigenvalue weighted by Crippen LogP contribution is -2.33. The molecule has 0 radical (unpaired) electrons. The summed E-state index contributed by atoms with van der Waals surface area (Å²) >= 11 is 0. The van der Waals surface area contributed by atoms with Crippen LogP contribution in [0.15, 0.2) is 23.4 Å². The molecule has 4 N–H and O–H groups in total. The molecule has 0 saturated carbocycles. The standard InChI is InChI=1S/C11H17N3O3/c1-7(11(12)14-15)13-9-6-8(16-2)4-5-10(9)17-3/h4-7,13,15H,1-3H3,(H2,12,14). The summed E-state index contributed by atoms with van der Waals surface area (Å²) in [6.45, 7) is 1.77. The first-order chi connectivity index (χ1) is 8.12. The minimum atomic E-state index is -0.319. The predicted octanol–water partition coefficient (Wildman–Crippen LogP) is 1.25. The number of nitrogens with zero attached hydrogens (tertiary/aromatic N) is 1. The molecule has 6 nitrogen and oxygen atoms in total. The van der Waals surface area contributed by atoms with Gasteiger partial charge in [-0.2, -0.15) is 0 Å². The molecule has 17 heavy (non-hydrogen) atoms. The van der Waals surface area contributed by atoms with E-state index in [0.717, 1.165) is 0 Å². The zero-order valence-electron chi connectivity index (χ0n) is 10.1. The third-order valence-electron chi connectivity index (χ3n) is 2.34. The quantitative estimate of drug-likeness (QED) is 0.311. The van der Waals surface area contributed by atoms with Crippen molar-refractivity contribution in [3.8, 4) is 11.5 Å². The third kappa shape index (κ3) is 3.17. The molecular weight excluding hydrogens is 222 g/mol. The van der Waals surface area contributed by atoms with Crippen LogP contribution in [0.5, 0.6) is 11.5 Å². The van der Waals surface area contributed by atoms with E-state index in [1.807, 2.05) is 0 Å². The van der Waals surface area contributed by atoms with Gasteiger partial charge in [-0.05, 0) is 19.1 Å². The Morgan fingerprint density at radius 2 is 2.12 bits per heavy atom. The molecule has 0 aliphatic heterocycles. The lowest BCUT2D eigenvalue weighted by Gasteiger charge is -2.17. The number of amidine groups is 1. The summed E-state index contributed by atoms with van der Waals surface area (Å²) in [5.74, 6) is 1.44. The number of ether oxygens (including phenoxy) is 2. The van der Waals surface area contributed by atoms with Crippen molar-refractivity contribution < 1.29 is 14.7 Å². The minimum Gasteiger partial charge on any atom is -0.497 e. The number of anilines is 1. The fourth-order valence-electron chi connectivity index (χ4n) is 1.32. The zero-order valence-corrected chi connectivity index (χ0v) is 10.1. The maximum absolute atomic E-state index is 8.58. The molecule has 94 valence electrons. The Morgan fingerprint density at radius 3 is 2.65 bits per heavy atom. The highest BCUT2D eigenvalue weighted by molar-refractivity contribution is 5.87. The zero-order chi connectivity index (χ0) is 12.8. The highest BCUT2D eigenvalue weighted by atomic mass is 16.5. The van der Waals surface area contributed by atoms with Gasteiger partial charge in [0.05, 0.1) is 25.9 Å². The summed E-state index contributed by atoms with van der Waals surface area (Å²) in [4.78, 5) is 0. The Balaban J connectivity index is 2.95. The number of hydrogen-bond donors (Lipinski definition) is 3. The predicted molar refractivity (Wildman–Crippen MR) is 66.0 cm³/mol. The second kappa shape index (κ2) is 5.83. The first-order valence-electron chi connectivity index (χ1n) is 5.08. The number of nitrogens with two attached hydrogens (primary N) is 1. The molecule has 0 spiro atoms. The number of nitrogens with one attached hydrogen (secondary N) is 1. The van der Waals surface area contributed by atoms with Gasteiger partial charge in [-0.15, -0.1) is 0 Å². The Morgan fingerprint density at radius 1 is 1.41 bits per heavy atom. The molecule has 0 aromatic heterocycles. The summed E-state index contributed by atoms with van der Waals surface area (Å²) < 4.78 is 10.3. The first kappa shape index (κ1) is 13.0. The average molecular weight is 239 g/mol.